The number of aromatic nitrogens is 1. The number of carbonyl (C=O) groups excluding carboxylic acids is 2. The number of Topliss-reactive ketones (excluding diaryl/α,β-unsaturated/α-hetero) is 2. The van der Waals surface area contributed by atoms with Crippen molar-refractivity contribution in [1.82, 2.24) is 4.98 Å². The Bertz CT molecular complexity index is 935. The van der Waals surface area contributed by atoms with Gasteiger partial charge in [-0.3, -0.25) is 9.59 Å². The quantitative estimate of drug-likeness (QED) is 0.559. The fraction of sp³-hybridized carbons (Fsp3) is 0.316. The van der Waals surface area contributed by atoms with Gasteiger partial charge in [-0.2, -0.15) is 0 Å². The second-order valence-electron chi connectivity index (χ2n) is 6.50. The zero-order chi connectivity index (χ0) is 19.2. The molecule has 136 valence electrons. The van der Waals surface area contributed by atoms with E-state index in [2.05, 4.69) is 11.6 Å². The highest BCUT2D eigenvalue weighted by molar-refractivity contribution is 7.15. The van der Waals surface area contributed by atoms with Crippen LogP contribution in [0.3, 0.4) is 0 Å². The molecule has 0 spiro atoms. The monoisotopic (exact) mass is 393 g/mol. The zero-order valence-corrected chi connectivity index (χ0v) is 16.1. The summed E-state index contributed by atoms with van der Waals surface area (Å²) in [7, 11) is 0. The lowest BCUT2D eigenvalue weighted by molar-refractivity contribution is -0.150. The van der Waals surface area contributed by atoms with Crippen molar-refractivity contribution in [3.63, 3.8) is 0 Å². The molecule has 0 saturated carbocycles. The van der Waals surface area contributed by atoms with Gasteiger partial charge >= 0.3 is 0 Å². The summed E-state index contributed by atoms with van der Waals surface area (Å²) < 4.78 is 19.6. The number of rotatable bonds is 3. The number of allylic oxidation sites excluding steroid dienone is 1. The van der Waals surface area contributed by atoms with E-state index in [1.165, 1.54) is 23.5 Å². The van der Waals surface area contributed by atoms with Gasteiger partial charge in [0.1, 0.15) is 16.7 Å². The molecule has 0 amide bonds. The van der Waals surface area contributed by atoms with E-state index in [1.54, 1.807) is 19.9 Å². The predicted octanol–water partition coefficient (Wildman–Crippen LogP) is 4.71. The zero-order valence-electron chi connectivity index (χ0n) is 14.6. The molecule has 0 radical (unpaired) electrons. The Labute approximate surface area is 159 Å². The number of nitrogens with zero attached hydrogens (tertiary/aromatic N) is 1. The highest BCUT2D eigenvalue weighted by atomic mass is 35.5. The molecule has 0 N–H and O–H groups in total. The Morgan fingerprint density at radius 1 is 1.38 bits per heavy atom. The van der Waals surface area contributed by atoms with Gasteiger partial charge in [0, 0.05) is 15.5 Å². The van der Waals surface area contributed by atoms with Crippen molar-refractivity contribution in [1.29, 1.82) is 0 Å². The van der Waals surface area contributed by atoms with Crippen molar-refractivity contribution in [2.45, 2.75) is 38.7 Å². The second-order valence-corrected chi connectivity index (χ2v) is 8.02. The summed E-state index contributed by atoms with van der Waals surface area (Å²) in [4.78, 5) is 30.6. The van der Waals surface area contributed by atoms with Crippen LogP contribution in [-0.4, -0.2) is 22.2 Å². The van der Waals surface area contributed by atoms with E-state index in [0.717, 1.165) is 4.88 Å². The number of benzene rings is 1. The van der Waals surface area contributed by atoms with Gasteiger partial charge in [-0.05, 0) is 38.5 Å². The van der Waals surface area contributed by atoms with E-state index in [1.807, 2.05) is 6.92 Å². The average molecular weight is 394 g/mol. The SMILES string of the molecule is C=C1OC(C)(C)C(=O)C(c2nc(-c3ccc(Cl)cc3F)sc2CC)C1=O. The Kier molecular flexibility index (Phi) is 4.75. The van der Waals surface area contributed by atoms with Crippen molar-refractivity contribution in [2.75, 3.05) is 0 Å². The lowest BCUT2D eigenvalue weighted by Crippen LogP contribution is -2.47. The number of hydrogen-bond acceptors (Lipinski definition) is 5. The minimum Gasteiger partial charge on any atom is -0.477 e. The maximum absolute atomic E-state index is 14.3. The molecular formula is C19H17ClFNO3S. The van der Waals surface area contributed by atoms with Crippen LogP contribution >= 0.6 is 22.9 Å². The Balaban J connectivity index is 2.13. The topological polar surface area (TPSA) is 56.3 Å². The van der Waals surface area contributed by atoms with Crippen molar-refractivity contribution < 1.29 is 18.7 Å². The molecule has 1 atom stereocenters. The third-order valence-electron chi connectivity index (χ3n) is 4.25. The number of halogens is 2. The van der Waals surface area contributed by atoms with Gasteiger partial charge in [-0.25, -0.2) is 9.37 Å². The summed E-state index contributed by atoms with van der Waals surface area (Å²) in [5.41, 5.74) is -0.532. The molecule has 1 aromatic carbocycles. The maximum atomic E-state index is 14.3. The number of ketones is 2. The van der Waals surface area contributed by atoms with Crippen molar-refractivity contribution in [3.8, 4) is 10.6 Å². The predicted molar refractivity (Wildman–Crippen MR) is 99.0 cm³/mol. The van der Waals surface area contributed by atoms with Crippen LogP contribution in [0.1, 0.15) is 37.3 Å². The first-order chi connectivity index (χ1) is 12.2. The molecule has 26 heavy (non-hydrogen) atoms. The molecule has 1 fully saturated rings. The van der Waals surface area contributed by atoms with Gasteiger partial charge in [-0.1, -0.05) is 25.1 Å². The Morgan fingerprint density at radius 3 is 2.69 bits per heavy atom. The molecule has 7 heteroatoms. The second kappa shape index (κ2) is 6.59. The molecule has 3 rings (SSSR count). The van der Waals surface area contributed by atoms with Crippen LogP contribution in [0.15, 0.2) is 30.5 Å². The lowest BCUT2D eigenvalue weighted by atomic mass is 9.82. The average Bonchev–Trinajstić information content (AvgIpc) is 2.97. The largest absolute Gasteiger partial charge is 0.477 e. The number of aryl methyl sites for hydroxylation is 1. The van der Waals surface area contributed by atoms with E-state index in [4.69, 9.17) is 16.3 Å². The van der Waals surface area contributed by atoms with Gasteiger partial charge in [0.25, 0.3) is 0 Å². The first-order valence-corrected chi connectivity index (χ1v) is 9.26. The summed E-state index contributed by atoms with van der Waals surface area (Å²) in [5.74, 6) is -2.53. The summed E-state index contributed by atoms with van der Waals surface area (Å²) >= 11 is 7.07. The van der Waals surface area contributed by atoms with Crippen LogP contribution in [-0.2, 0) is 20.7 Å². The van der Waals surface area contributed by atoms with Crippen LogP contribution in [0.2, 0.25) is 5.02 Å². The van der Waals surface area contributed by atoms with Crippen LogP contribution < -0.4 is 0 Å². The standard InChI is InChI=1S/C19H17ClFNO3S/c1-5-13-15(14-16(23)9(2)25-19(3,4)17(14)24)22-18(26-13)11-7-6-10(20)8-12(11)21/h6-8,14H,2,5H2,1,3-4H3. The summed E-state index contributed by atoms with van der Waals surface area (Å²) in [6.07, 6.45) is 0.563. The van der Waals surface area contributed by atoms with E-state index in [9.17, 15) is 14.0 Å². The molecule has 2 heterocycles. The highest BCUT2D eigenvalue weighted by Gasteiger charge is 2.48. The van der Waals surface area contributed by atoms with Crippen LogP contribution in [0.25, 0.3) is 10.6 Å². The van der Waals surface area contributed by atoms with E-state index in [-0.39, 0.29) is 22.1 Å². The van der Waals surface area contributed by atoms with E-state index < -0.39 is 23.1 Å². The number of ether oxygens (including phenoxy) is 1. The maximum Gasteiger partial charge on any atom is 0.213 e. The van der Waals surface area contributed by atoms with Crippen LogP contribution in [0, 0.1) is 5.82 Å². The first kappa shape index (κ1) is 18.7. The molecule has 1 aliphatic rings. The van der Waals surface area contributed by atoms with Crippen molar-refractivity contribution in [3.05, 3.63) is 51.9 Å². The molecule has 1 unspecified atom stereocenters. The highest BCUT2D eigenvalue weighted by Crippen LogP contribution is 2.40. The van der Waals surface area contributed by atoms with E-state index >= 15 is 0 Å². The number of hydrogen-bond donors (Lipinski definition) is 0. The molecule has 1 aromatic heterocycles. The fourth-order valence-electron chi connectivity index (χ4n) is 2.91. The van der Waals surface area contributed by atoms with E-state index in [0.29, 0.717) is 17.1 Å². The van der Waals surface area contributed by atoms with Gasteiger partial charge in [0.2, 0.25) is 5.78 Å². The van der Waals surface area contributed by atoms with Crippen molar-refractivity contribution in [2.24, 2.45) is 0 Å². The summed E-state index contributed by atoms with van der Waals surface area (Å²) in [5, 5.41) is 0.688. The van der Waals surface area contributed by atoms with Gasteiger partial charge in [0.15, 0.2) is 17.1 Å². The lowest BCUT2D eigenvalue weighted by Gasteiger charge is -2.34. The summed E-state index contributed by atoms with van der Waals surface area (Å²) in [6, 6.07) is 4.32. The first-order valence-electron chi connectivity index (χ1n) is 8.07. The van der Waals surface area contributed by atoms with Crippen LogP contribution in [0.4, 0.5) is 4.39 Å². The van der Waals surface area contributed by atoms with Gasteiger partial charge < -0.3 is 4.74 Å². The molecule has 1 aliphatic heterocycles. The van der Waals surface area contributed by atoms with Crippen LogP contribution in [0.5, 0.6) is 0 Å². The molecule has 1 saturated heterocycles. The molecular weight excluding hydrogens is 377 g/mol. The molecule has 2 aromatic rings. The minimum atomic E-state index is -1.17. The minimum absolute atomic E-state index is 0.0612. The molecule has 4 nitrogen and oxygen atoms in total. The molecule has 0 aliphatic carbocycles. The Hall–Kier alpha value is -2.05. The van der Waals surface area contributed by atoms with Gasteiger partial charge in [0.05, 0.1) is 5.69 Å². The summed E-state index contributed by atoms with van der Waals surface area (Å²) in [6.45, 7) is 8.71. The molecule has 0 bridgehead atoms. The number of carbonyl (C=O) groups is 2. The normalized spacial score (nSPS) is 19.6. The number of thiazole rings is 1. The third-order valence-corrected chi connectivity index (χ3v) is 5.74. The smallest absolute Gasteiger partial charge is 0.213 e. The third kappa shape index (κ3) is 3.08. The van der Waals surface area contributed by atoms with Crippen molar-refractivity contribution >= 4 is 34.5 Å². The Morgan fingerprint density at radius 2 is 2.08 bits per heavy atom. The fourth-order valence-corrected chi connectivity index (χ4v) is 4.13. The van der Waals surface area contributed by atoms with Gasteiger partial charge in [-0.15, -0.1) is 11.3 Å².